The zero-order valence-electron chi connectivity index (χ0n) is 14.9. The van der Waals surface area contributed by atoms with Crippen molar-refractivity contribution in [3.8, 4) is 0 Å². The van der Waals surface area contributed by atoms with Crippen LogP contribution in [0.3, 0.4) is 0 Å². The third-order valence-corrected chi connectivity index (χ3v) is 4.50. The second-order valence-electron chi connectivity index (χ2n) is 7.03. The van der Waals surface area contributed by atoms with Crippen molar-refractivity contribution in [2.75, 3.05) is 13.2 Å². The maximum Gasteiger partial charge on any atom is 0.189 e. The van der Waals surface area contributed by atoms with Gasteiger partial charge >= 0.3 is 0 Å². The Morgan fingerprint density at radius 1 is 0.630 bits per heavy atom. The van der Waals surface area contributed by atoms with Crippen LogP contribution >= 0.6 is 0 Å². The van der Waals surface area contributed by atoms with Crippen LogP contribution in [0, 0.1) is 0 Å². The minimum Gasteiger partial charge on any atom is -0.394 e. The van der Waals surface area contributed by atoms with Crippen molar-refractivity contribution in [2.45, 2.75) is 81.0 Å². The highest BCUT2D eigenvalue weighted by molar-refractivity contribution is 4.91. The number of hydrogen-bond donors (Lipinski definition) is 8. The molecule has 2 aliphatic heterocycles. The van der Waals surface area contributed by atoms with Gasteiger partial charge in [-0.15, -0.1) is 0 Å². The van der Waals surface area contributed by atoms with Crippen molar-refractivity contribution < 1.29 is 59.8 Å². The van der Waals surface area contributed by atoms with Crippen LogP contribution in [0.15, 0.2) is 0 Å². The average Bonchev–Trinajstić information content (AvgIpc) is 2.62. The number of aliphatic hydroxyl groups is 8. The number of rotatable bonds is 6. The molecule has 0 unspecified atom stereocenters. The predicted octanol–water partition coefficient (Wildman–Crippen LogP) is -4.64. The molecule has 12 heteroatoms. The summed E-state index contributed by atoms with van der Waals surface area (Å²) in [4.78, 5) is 0. The van der Waals surface area contributed by atoms with Crippen molar-refractivity contribution in [2.24, 2.45) is 0 Å². The molecular formula is C15H28O12. The summed E-state index contributed by atoms with van der Waals surface area (Å²) in [5, 5.41) is 77.5. The van der Waals surface area contributed by atoms with Crippen molar-refractivity contribution in [3.05, 3.63) is 0 Å². The molecular weight excluding hydrogens is 372 g/mol. The summed E-state index contributed by atoms with van der Waals surface area (Å²) in [5.41, 5.74) is 0. The summed E-state index contributed by atoms with van der Waals surface area (Å²) in [6, 6.07) is 0. The van der Waals surface area contributed by atoms with E-state index in [0.29, 0.717) is 0 Å². The fraction of sp³-hybridized carbons (Fsp3) is 1.00. The fourth-order valence-electron chi connectivity index (χ4n) is 2.92. The molecule has 12 nitrogen and oxygen atoms in total. The second-order valence-corrected chi connectivity index (χ2v) is 7.03. The molecule has 0 aliphatic carbocycles. The molecule has 0 radical (unpaired) electrons. The molecule has 0 aromatic heterocycles. The summed E-state index contributed by atoms with van der Waals surface area (Å²) >= 11 is 0. The molecule has 0 aromatic rings. The summed E-state index contributed by atoms with van der Waals surface area (Å²) in [7, 11) is 0. The fourth-order valence-corrected chi connectivity index (χ4v) is 2.92. The van der Waals surface area contributed by atoms with Gasteiger partial charge in [0, 0.05) is 0 Å². The van der Waals surface area contributed by atoms with Gasteiger partial charge in [-0.3, -0.25) is 0 Å². The largest absolute Gasteiger partial charge is 0.394 e. The van der Waals surface area contributed by atoms with Gasteiger partial charge in [-0.05, 0) is 13.8 Å². The molecule has 160 valence electrons. The normalized spacial score (nSPS) is 46.4. The van der Waals surface area contributed by atoms with Crippen molar-refractivity contribution in [1.29, 1.82) is 0 Å². The van der Waals surface area contributed by atoms with Crippen LogP contribution in [0.4, 0.5) is 0 Å². The average molecular weight is 400 g/mol. The lowest BCUT2D eigenvalue weighted by Crippen LogP contribution is -2.62. The van der Waals surface area contributed by atoms with Gasteiger partial charge in [0.15, 0.2) is 18.4 Å². The molecule has 0 saturated carbocycles. The predicted molar refractivity (Wildman–Crippen MR) is 83.8 cm³/mol. The van der Waals surface area contributed by atoms with Gasteiger partial charge in [0.2, 0.25) is 0 Å². The number of aliphatic hydroxyl groups excluding tert-OH is 8. The maximum absolute atomic E-state index is 10.0. The molecule has 2 heterocycles. The molecule has 10 atom stereocenters. The Morgan fingerprint density at radius 3 is 1.26 bits per heavy atom. The Hall–Kier alpha value is -0.480. The first-order valence-corrected chi connectivity index (χ1v) is 8.49. The topological polar surface area (TPSA) is 199 Å². The smallest absolute Gasteiger partial charge is 0.189 e. The van der Waals surface area contributed by atoms with Crippen LogP contribution in [0.5, 0.6) is 0 Å². The Labute approximate surface area is 155 Å². The minimum atomic E-state index is -1.67. The standard InChI is InChI=1S/C15H28O12/c1-15(2,26-13-11(22)9(20)7(18)5(3-16)24-13)27-14-12(23)10(21)8(19)6(4-17)25-14/h5-14,16-23H,3-4H2,1-2H3/t5-,6-,7-,8-,9+,10+,11-,12-,13+,14+/m1/s1. The molecule has 2 saturated heterocycles. The van der Waals surface area contributed by atoms with Crippen LogP contribution in [-0.4, -0.2) is 121 Å². The Kier molecular flexibility index (Phi) is 7.52. The lowest BCUT2D eigenvalue weighted by atomic mass is 9.99. The van der Waals surface area contributed by atoms with Gasteiger partial charge in [-0.25, -0.2) is 0 Å². The molecule has 0 spiro atoms. The van der Waals surface area contributed by atoms with E-state index in [-0.39, 0.29) is 0 Å². The van der Waals surface area contributed by atoms with Crippen molar-refractivity contribution in [1.82, 2.24) is 0 Å². The van der Waals surface area contributed by atoms with Gasteiger partial charge in [0.25, 0.3) is 0 Å². The third-order valence-electron chi connectivity index (χ3n) is 4.50. The lowest BCUT2D eigenvalue weighted by molar-refractivity contribution is -0.405. The molecule has 0 bridgehead atoms. The van der Waals surface area contributed by atoms with Gasteiger partial charge in [0.05, 0.1) is 13.2 Å². The highest BCUT2D eigenvalue weighted by Crippen LogP contribution is 2.30. The number of ether oxygens (including phenoxy) is 4. The van der Waals surface area contributed by atoms with Gasteiger partial charge in [-0.1, -0.05) is 0 Å². The Bertz CT molecular complexity index is 432. The van der Waals surface area contributed by atoms with Crippen LogP contribution < -0.4 is 0 Å². The van der Waals surface area contributed by atoms with Gasteiger partial charge in [-0.2, -0.15) is 0 Å². The summed E-state index contributed by atoms with van der Waals surface area (Å²) in [6.07, 6.45) is -15.1. The quantitative estimate of drug-likeness (QED) is 0.199. The molecule has 0 amide bonds. The van der Waals surface area contributed by atoms with E-state index in [4.69, 9.17) is 18.9 Å². The Morgan fingerprint density at radius 2 is 0.963 bits per heavy atom. The van der Waals surface area contributed by atoms with E-state index in [1.54, 1.807) is 0 Å². The highest BCUT2D eigenvalue weighted by Gasteiger charge is 2.49. The van der Waals surface area contributed by atoms with E-state index in [2.05, 4.69) is 0 Å². The van der Waals surface area contributed by atoms with E-state index >= 15 is 0 Å². The molecule has 2 aliphatic rings. The molecule has 2 fully saturated rings. The van der Waals surface area contributed by atoms with E-state index in [0.717, 1.165) is 0 Å². The first-order chi connectivity index (χ1) is 12.5. The van der Waals surface area contributed by atoms with Crippen LogP contribution in [0.2, 0.25) is 0 Å². The van der Waals surface area contributed by atoms with Crippen molar-refractivity contribution in [3.63, 3.8) is 0 Å². The summed E-state index contributed by atoms with van der Waals surface area (Å²) in [5.74, 6) is -1.62. The second kappa shape index (κ2) is 8.90. The summed E-state index contributed by atoms with van der Waals surface area (Å²) < 4.78 is 21.3. The summed E-state index contributed by atoms with van der Waals surface area (Å²) in [6.45, 7) is 1.43. The molecule has 2 rings (SSSR count). The molecule has 27 heavy (non-hydrogen) atoms. The third kappa shape index (κ3) is 4.93. The van der Waals surface area contributed by atoms with E-state index in [9.17, 15) is 40.9 Å². The number of hydrogen-bond acceptors (Lipinski definition) is 12. The van der Waals surface area contributed by atoms with Gasteiger partial charge < -0.3 is 59.8 Å². The Balaban J connectivity index is 2.05. The zero-order valence-corrected chi connectivity index (χ0v) is 14.9. The molecule has 0 aromatic carbocycles. The lowest BCUT2D eigenvalue weighted by Gasteiger charge is -2.45. The molecule has 8 N–H and O–H groups in total. The van der Waals surface area contributed by atoms with Crippen LogP contribution in [0.25, 0.3) is 0 Å². The zero-order chi connectivity index (χ0) is 20.5. The van der Waals surface area contributed by atoms with E-state index in [1.807, 2.05) is 0 Å². The van der Waals surface area contributed by atoms with E-state index in [1.165, 1.54) is 13.8 Å². The minimum absolute atomic E-state index is 0.640. The van der Waals surface area contributed by atoms with E-state index < -0.39 is 80.4 Å². The monoisotopic (exact) mass is 400 g/mol. The van der Waals surface area contributed by atoms with Crippen molar-refractivity contribution >= 4 is 0 Å². The van der Waals surface area contributed by atoms with Crippen LogP contribution in [-0.2, 0) is 18.9 Å². The maximum atomic E-state index is 10.0. The first kappa shape index (κ1) is 22.8. The first-order valence-electron chi connectivity index (χ1n) is 8.49. The highest BCUT2D eigenvalue weighted by atomic mass is 16.8. The van der Waals surface area contributed by atoms with Crippen LogP contribution in [0.1, 0.15) is 13.8 Å². The van der Waals surface area contributed by atoms with Gasteiger partial charge in [0.1, 0.15) is 48.8 Å². The SMILES string of the molecule is CC(C)(O[C@@H]1O[C@H](CO)[C@@H](O)[C@H](O)[C@H]1O)O[C@@H]1O[C@H](CO)[C@@H](O)[C@H](O)[C@H]1O.